The Hall–Kier alpha value is -6.20. The molecule has 7 heterocycles. The molecule has 5 fully saturated rings. The minimum absolute atomic E-state index is 0.00397. The first-order valence-corrected chi connectivity index (χ1v) is 31.5. The highest BCUT2D eigenvalue weighted by Gasteiger charge is 2.54. The van der Waals surface area contributed by atoms with Gasteiger partial charge in [-0.15, -0.1) is 0 Å². The third-order valence-electron chi connectivity index (χ3n) is 15.9. The van der Waals surface area contributed by atoms with Crippen LogP contribution in [0, 0.1) is 23.7 Å². The van der Waals surface area contributed by atoms with Gasteiger partial charge < -0.3 is 72.7 Å². The average molecular weight is 1230 g/mol. The van der Waals surface area contributed by atoms with Crippen LogP contribution in [-0.4, -0.2) is 179 Å². The van der Waals surface area contributed by atoms with Crippen molar-refractivity contribution in [3.63, 3.8) is 0 Å². The second-order valence-corrected chi connectivity index (χ2v) is 27.4. The maximum Gasteiger partial charge on any atom is 0.412 e. The molecule has 26 heteroatoms. The number of fused-ring (bicyclic) bond motifs is 4. The van der Waals surface area contributed by atoms with Crippen LogP contribution in [0.15, 0.2) is 94.7 Å². The second kappa shape index (κ2) is 26.0. The predicted octanol–water partition coefficient (Wildman–Crippen LogP) is 5.94. The molecule has 4 aromatic rings. The topological polar surface area (TPSA) is 286 Å². The Balaban J connectivity index is 0.000000190. The Labute approximate surface area is 495 Å². The molecule has 5 saturated heterocycles. The van der Waals surface area contributed by atoms with E-state index in [9.17, 15) is 41.7 Å². The Morgan fingerprint density at radius 1 is 0.659 bits per heavy atom. The number of alkyl carbamates (subject to hydrolysis) is 1. The van der Waals surface area contributed by atoms with Crippen LogP contribution in [0.5, 0.6) is 34.5 Å². The molecule has 85 heavy (non-hydrogen) atoms. The molecule has 7 aliphatic rings. The van der Waals surface area contributed by atoms with Crippen LogP contribution < -0.4 is 24.3 Å². The monoisotopic (exact) mass is 1220 g/mol. The van der Waals surface area contributed by atoms with Crippen molar-refractivity contribution in [1.82, 2.24) is 18.8 Å². The van der Waals surface area contributed by atoms with Gasteiger partial charge in [0.05, 0.1) is 72.3 Å². The summed E-state index contributed by atoms with van der Waals surface area (Å²) in [5.41, 5.74) is 0.453. The number of rotatable bonds is 20. The van der Waals surface area contributed by atoms with Crippen LogP contribution >= 0.6 is 0 Å². The van der Waals surface area contributed by atoms with E-state index >= 15 is 0 Å². The van der Waals surface area contributed by atoms with Gasteiger partial charge >= 0.3 is 12.2 Å². The van der Waals surface area contributed by atoms with Gasteiger partial charge in [0.25, 0.3) is 0 Å². The smallest absolute Gasteiger partial charge is 0.412 e. The third kappa shape index (κ3) is 14.3. The van der Waals surface area contributed by atoms with Gasteiger partial charge in [0, 0.05) is 38.3 Å². The number of hydrogen-bond donors (Lipinski definition) is 4. The Bertz CT molecular complexity index is 3210. The summed E-state index contributed by atoms with van der Waals surface area (Å²) in [6.07, 6.45) is -3.06. The van der Waals surface area contributed by atoms with Gasteiger partial charge in [0.15, 0.2) is 35.6 Å². The van der Waals surface area contributed by atoms with Gasteiger partial charge in [-0.25, -0.2) is 26.4 Å². The number of benzene rings is 4. The lowest BCUT2D eigenvalue weighted by atomic mass is 9.99. The highest BCUT2D eigenvalue weighted by Crippen LogP contribution is 2.41. The summed E-state index contributed by atoms with van der Waals surface area (Å²) in [4.78, 5) is 28.6. The van der Waals surface area contributed by atoms with Crippen molar-refractivity contribution in [3.05, 3.63) is 96.1 Å². The molecule has 0 spiro atoms. The summed E-state index contributed by atoms with van der Waals surface area (Å²) in [6.45, 7) is 12.9. The molecule has 0 aromatic heterocycles. The average Bonchev–Trinajstić information content (AvgIpc) is 2.98. The first kappa shape index (κ1) is 61.9. The molecule has 0 radical (unpaired) electrons. The summed E-state index contributed by atoms with van der Waals surface area (Å²) in [5, 5.41) is 33.7. The minimum Gasteiger partial charge on any atom is -0.508 e. The number of sulfonamides is 2. The molecule has 464 valence electrons. The van der Waals surface area contributed by atoms with Crippen molar-refractivity contribution < 1.29 is 93.8 Å². The molecule has 0 saturated carbocycles. The van der Waals surface area contributed by atoms with Crippen molar-refractivity contribution in [1.29, 1.82) is 0 Å². The lowest BCUT2D eigenvalue weighted by molar-refractivity contribution is -0.0912. The summed E-state index contributed by atoms with van der Waals surface area (Å²) >= 11 is 0. The predicted molar refractivity (Wildman–Crippen MR) is 302 cm³/mol. The van der Waals surface area contributed by atoms with Crippen LogP contribution in [-0.2, 0) is 66.0 Å². The Kier molecular flexibility index (Phi) is 18.9. The number of nitrogens with zero attached hydrogens (tertiary/aromatic N) is 3. The lowest BCUT2D eigenvalue weighted by Gasteiger charge is -2.34. The molecular weight excluding hydrogens is 1150 g/mol. The third-order valence-corrected chi connectivity index (χ3v) is 19.5. The van der Waals surface area contributed by atoms with Gasteiger partial charge in [0.2, 0.25) is 33.6 Å². The van der Waals surface area contributed by atoms with E-state index in [1.165, 1.54) is 51.1 Å². The number of aromatic hydroxyl groups is 2. The maximum atomic E-state index is 14.1. The second-order valence-electron chi connectivity index (χ2n) is 23.5. The van der Waals surface area contributed by atoms with Crippen molar-refractivity contribution in [3.8, 4) is 34.5 Å². The van der Waals surface area contributed by atoms with Crippen molar-refractivity contribution in [2.24, 2.45) is 23.7 Å². The number of carbonyl (C=O) groups is 2. The zero-order chi connectivity index (χ0) is 60.4. The molecule has 4 aromatic carbocycles. The van der Waals surface area contributed by atoms with Gasteiger partial charge in [0.1, 0.15) is 29.4 Å². The molecule has 24 nitrogen and oxygen atoms in total. The molecule has 7 aliphatic heterocycles. The number of aliphatic hydroxyl groups is 1. The number of carbonyl (C=O) groups excluding carboxylic acids is 2. The SMILES string of the molecule is CC(C)CN(C[C@@H](O)[C@H](Cc1ccc(O)cc1)NC(=O)O[C@H]1CO[C@H]2OCC[C@H]21)S(=O)(=O)c1ccc2c(c1)OCO2.CC(C)CN(C[C@H]1OC(C)(C)N(C(=O)O[C@H]2CO[C@H]3OCC[C@H]32)[C@H]1Cc1ccc(O)cc1)S(=O)(=O)c1ccc2c(c1)OCO2. The van der Waals surface area contributed by atoms with Gasteiger partial charge in [-0.3, -0.25) is 4.90 Å². The van der Waals surface area contributed by atoms with Crippen LogP contribution in [0.25, 0.3) is 0 Å². The standard InChI is InChI=1S/C31H40N2O10S.C28H36N2O10S/c1-19(2)15-32(44(36,37)22-9-10-25-26(14-22)41-18-40-25)16-27-24(13-20-5-7-21(34)8-6-20)33(31(3,4)43-27)30(35)42-28-17-39-29-23(28)11-12-38-29;1-17(2)13-30(41(34,35)20-7-8-24-25(12-20)39-16-38-24)14-23(32)22(11-18-3-5-19(31)6-4-18)29-28(33)40-26-15-37-27-21(26)9-10-36-27/h5-10,14,19,23-24,27-29,34H,11-13,15-18H2,1-4H3;3-8,12,17,21-23,26-27,31-32H,9-11,13-16H2,1-2H3,(H,29,33)/t23-,24-,27+,28-,29+;21-,22-,23+,26-,27+/m00/s1. The van der Waals surface area contributed by atoms with E-state index in [2.05, 4.69) is 5.32 Å². The van der Waals surface area contributed by atoms with E-state index in [4.69, 9.17) is 52.1 Å². The van der Waals surface area contributed by atoms with E-state index in [0.29, 0.717) is 49.1 Å². The number of phenolic OH excluding ortho intramolecular Hbond substituents is 2. The van der Waals surface area contributed by atoms with Crippen molar-refractivity contribution in [2.75, 3.05) is 66.2 Å². The normalized spacial score (nSPS) is 25.2. The molecule has 0 unspecified atom stereocenters. The van der Waals surface area contributed by atoms with Crippen LogP contribution in [0.1, 0.15) is 65.5 Å². The van der Waals surface area contributed by atoms with E-state index < -0.39 is 80.7 Å². The van der Waals surface area contributed by atoms with E-state index in [1.54, 1.807) is 61.2 Å². The highest BCUT2D eigenvalue weighted by atomic mass is 32.2. The number of nitrogens with one attached hydrogen (secondary N) is 1. The molecule has 11 rings (SSSR count). The molecule has 10 atom stereocenters. The van der Waals surface area contributed by atoms with Crippen molar-refractivity contribution in [2.45, 2.75) is 132 Å². The number of hydrogen-bond acceptors (Lipinski definition) is 20. The van der Waals surface area contributed by atoms with E-state index in [-0.39, 0.29) is 111 Å². The van der Waals surface area contributed by atoms with Gasteiger partial charge in [-0.2, -0.15) is 8.61 Å². The summed E-state index contributed by atoms with van der Waals surface area (Å²) < 4.78 is 120. The first-order chi connectivity index (χ1) is 40.5. The number of phenols is 2. The largest absolute Gasteiger partial charge is 0.508 e. The van der Waals surface area contributed by atoms with E-state index in [0.717, 1.165) is 17.5 Å². The van der Waals surface area contributed by atoms with Crippen LogP contribution in [0.2, 0.25) is 0 Å². The lowest BCUT2D eigenvalue weighted by Crippen LogP contribution is -2.51. The fourth-order valence-corrected chi connectivity index (χ4v) is 15.0. The summed E-state index contributed by atoms with van der Waals surface area (Å²) in [6, 6.07) is 20.5. The minimum atomic E-state index is -4.05. The highest BCUT2D eigenvalue weighted by molar-refractivity contribution is 7.89. The molecular formula is C59H76N4O20S2. The van der Waals surface area contributed by atoms with Gasteiger partial charge in [-0.05, 0) is 111 Å². The van der Waals surface area contributed by atoms with E-state index in [1.807, 2.05) is 27.7 Å². The fourth-order valence-electron chi connectivity index (χ4n) is 11.7. The fraction of sp³-hybridized carbons (Fsp3) is 0.559. The maximum absolute atomic E-state index is 14.1. The number of amides is 2. The molecule has 0 aliphatic carbocycles. The zero-order valence-electron chi connectivity index (χ0n) is 48.4. The number of ether oxygens (including phenoxy) is 11. The Morgan fingerprint density at radius 2 is 1.15 bits per heavy atom. The van der Waals surface area contributed by atoms with Crippen molar-refractivity contribution >= 4 is 32.2 Å². The molecule has 2 amide bonds. The molecule has 0 bridgehead atoms. The van der Waals surface area contributed by atoms with Gasteiger partial charge in [-0.1, -0.05) is 52.0 Å². The van der Waals surface area contributed by atoms with Crippen LogP contribution in [0.3, 0.4) is 0 Å². The Morgan fingerprint density at radius 3 is 1.69 bits per heavy atom. The summed E-state index contributed by atoms with van der Waals surface area (Å²) in [7, 11) is -8.04. The number of aliphatic hydroxyl groups excluding tert-OH is 1. The zero-order valence-corrected chi connectivity index (χ0v) is 50.0. The quantitative estimate of drug-likeness (QED) is 0.0796. The molecule has 4 N–H and O–H groups in total. The first-order valence-electron chi connectivity index (χ1n) is 28.7. The summed E-state index contributed by atoms with van der Waals surface area (Å²) in [5.74, 6) is 1.71. The van der Waals surface area contributed by atoms with Crippen LogP contribution in [0.4, 0.5) is 9.59 Å².